The van der Waals surface area contributed by atoms with E-state index in [2.05, 4.69) is 15.3 Å². The zero-order chi connectivity index (χ0) is 20.3. The maximum Gasteiger partial charge on any atom is 0.277 e. The van der Waals surface area contributed by atoms with Gasteiger partial charge >= 0.3 is 0 Å². The highest BCUT2D eigenvalue weighted by Gasteiger charge is 2.40. The van der Waals surface area contributed by atoms with Crippen LogP contribution in [-0.2, 0) is 14.4 Å². The fraction of sp³-hybridized carbons (Fsp3) is 0.350. The Morgan fingerprint density at radius 1 is 1.32 bits per heavy atom. The molecule has 28 heavy (non-hydrogen) atoms. The highest BCUT2D eigenvalue weighted by Crippen LogP contribution is 2.30. The van der Waals surface area contributed by atoms with Crippen LogP contribution in [0.5, 0.6) is 0 Å². The number of aliphatic imine (C=N–C) groups is 1. The maximum absolute atomic E-state index is 12.5. The van der Waals surface area contributed by atoms with Crippen LogP contribution in [0.2, 0.25) is 0 Å². The van der Waals surface area contributed by atoms with Gasteiger partial charge in [-0.3, -0.25) is 24.3 Å². The number of hydrogen-bond donors (Lipinski definition) is 1. The van der Waals surface area contributed by atoms with E-state index in [1.54, 1.807) is 30.4 Å². The third-order valence-electron chi connectivity index (χ3n) is 4.80. The lowest BCUT2D eigenvalue weighted by Gasteiger charge is -2.28. The van der Waals surface area contributed by atoms with E-state index in [9.17, 15) is 14.4 Å². The Kier molecular flexibility index (Phi) is 5.67. The molecule has 3 rings (SSSR count). The zero-order valence-corrected chi connectivity index (χ0v) is 16.2. The van der Waals surface area contributed by atoms with Gasteiger partial charge in [-0.25, -0.2) is 4.98 Å². The van der Waals surface area contributed by atoms with E-state index >= 15 is 0 Å². The van der Waals surface area contributed by atoms with Gasteiger partial charge < -0.3 is 10.2 Å². The van der Waals surface area contributed by atoms with Crippen molar-refractivity contribution in [3.63, 3.8) is 0 Å². The largest absolute Gasteiger partial charge is 0.357 e. The summed E-state index contributed by atoms with van der Waals surface area (Å²) < 4.78 is 0. The van der Waals surface area contributed by atoms with E-state index < -0.39 is 0 Å². The van der Waals surface area contributed by atoms with Crippen LogP contribution < -0.4 is 5.32 Å². The molecule has 0 aliphatic carbocycles. The number of carbonyl (C=O) groups excluding carboxylic acids is 3. The fourth-order valence-corrected chi connectivity index (χ4v) is 3.40. The van der Waals surface area contributed by atoms with Crippen LogP contribution in [-0.4, -0.2) is 65.9 Å². The summed E-state index contributed by atoms with van der Waals surface area (Å²) in [6.07, 6.45) is 6.65. The summed E-state index contributed by atoms with van der Waals surface area (Å²) in [5.41, 5.74) is 2.70. The SMILES string of the molecule is C/C=C(\C=NC)c1ccc(NC(=O)CN2CCCC3=C2C(=O)N(C)C3=O)nc1. The van der Waals surface area contributed by atoms with Crippen molar-refractivity contribution < 1.29 is 14.4 Å². The monoisotopic (exact) mass is 381 g/mol. The summed E-state index contributed by atoms with van der Waals surface area (Å²) in [5.74, 6) is -0.468. The predicted octanol–water partition coefficient (Wildman–Crippen LogP) is 1.47. The average molecular weight is 381 g/mol. The number of aromatic nitrogens is 1. The maximum atomic E-state index is 12.5. The van der Waals surface area contributed by atoms with Gasteiger partial charge in [0.05, 0.1) is 6.54 Å². The summed E-state index contributed by atoms with van der Waals surface area (Å²) in [7, 11) is 3.17. The highest BCUT2D eigenvalue weighted by molar-refractivity contribution is 6.19. The molecule has 3 amide bonds. The third-order valence-corrected chi connectivity index (χ3v) is 4.80. The van der Waals surface area contributed by atoms with Crippen molar-refractivity contribution in [2.45, 2.75) is 19.8 Å². The number of nitrogens with zero attached hydrogens (tertiary/aromatic N) is 4. The normalized spacial score (nSPS) is 17.6. The van der Waals surface area contributed by atoms with Crippen LogP contribution in [0.1, 0.15) is 25.3 Å². The first kappa shape index (κ1) is 19.5. The number of anilines is 1. The van der Waals surface area contributed by atoms with Crippen LogP contribution in [0.4, 0.5) is 5.82 Å². The molecular formula is C20H23N5O3. The molecule has 0 aromatic carbocycles. The van der Waals surface area contributed by atoms with E-state index in [0.29, 0.717) is 30.1 Å². The van der Waals surface area contributed by atoms with Crippen LogP contribution in [0, 0.1) is 0 Å². The number of imide groups is 1. The van der Waals surface area contributed by atoms with Crippen molar-refractivity contribution in [2.24, 2.45) is 4.99 Å². The Morgan fingerprint density at radius 2 is 2.11 bits per heavy atom. The molecule has 1 aromatic heterocycles. The van der Waals surface area contributed by atoms with E-state index in [-0.39, 0.29) is 24.3 Å². The zero-order valence-electron chi connectivity index (χ0n) is 16.2. The number of pyridine rings is 1. The quantitative estimate of drug-likeness (QED) is 0.616. The van der Waals surface area contributed by atoms with Gasteiger partial charge in [-0.15, -0.1) is 0 Å². The molecule has 8 nitrogen and oxygen atoms in total. The van der Waals surface area contributed by atoms with Gasteiger partial charge in [0.25, 0.3) is 11.8 Å². The molecular weight excluding hydrogens is 358 g/mol. The second-order valence-electron chi connectivity index (χ2n) is 6.63. The second kappa shape index (κ2) is 8.16. The van der Waals surface area contributed by atoms with Gasteiger partial charge in [0, 0.05) is 44.2 Å². The Hall–Kier alpha value is -3.29. The topological polar surface area (TPSA) is 95.0 Å². The summed E-state index contributed by atoms with van der Waals surface area (Å²) in [5, 5.41) is 2.75. The van der Waals surface area contributed by atoms with Crippen LogP contribution in [0.25, 0.3) is 5.57 Å². The van der Waals surface area contributed by atoms with E-state index in [4.69, 9.17) is 0 Å². The molecule has 146 valence electrons. The van der Waals surface area contributed by atoms with Crippen molar-refractivity contribution in [2.75, 3.05) is 32.5 Å². The number of rotatable bonds is 5. The van der Waals surface area contributed by atoms with E-state index in [1.165, 1.54) is 7.05 Å². The lowest BCUT2D eigenvalue weighted by molar-refractivity contribution is -0.136. The number of allylic oxidation sites excluding steroid dienone is 2. The van der Waals surface area contributed by atoms with Crippen LogP contribution >= 0.6 is 0 Å². The van der Waals surface area contributed by atoms with Crippen LogP contribution in [0.15, 0.2) is 40.7 Å². The molecule has 0 bridgehead atoms. The van der Waals surface area contributed by atoms with Gasteiger partial charge in [-0.2, -0.15) is 0 Å². The molecule has 2 aliphatic heterocycles. The molecule has 0 atom stereocenters. The van der Waals surface area contributed by atoms with Crippen molar-refractivity contribution in [1.29, 1.82) is 0 Å². The lowest BCUT2D eigenvalue weighted by Crippen LogP contribution is -2.38. The first-order valence-corrected chi connectivity index (χ1v) is 9.11. The van der Waals surface area contributed by atoms with E-state index in [0.717, 1.165) is 22.5 Å². The smallest absolute Gasteiger partial charge is 0.277 e. The first-order chi connectivity index (χ1) is 13.5. The second-order valence-corrected chi connectivity index (χ2v) is 6.63. The van der Waals surface area contributed by atoms with Gasteiger partial charge in [0.2, 0.25) is 5.91 Å². The molecule has 0 spiro atoms. The van der Waals surface area contributed by atoms with Crippen molar-refractivity contribution in [3.05, 3.63) is 41.2 Å². The Morgan fingerprint density at radius 3 is 2.75 bits per heavy atom. The number of hydrogen-bond acceptors (Lipinski definition) is 6. The number of carbonyl (C=O) groups is 3. The Bertz CT molecular complexity index is 899. The molecule has 2 aliphatic rings. The van der Waals surface area contributed by atoms with Gasteiger partial charge in [0.15, 0.2) is 0 Å². The summed E-state index contributed by atoms with van der Waals surface area (Å²) in [6, 6.07) is 3.58. The standard InChI is InChI=1S/C20H23N5O3/c1-4-13(10-21-2)14-7-8-16(22-11-14)23-17(26)12-25-9-5-6-15-18(25)20(28)24(3)19(15)27/h4,7-8,10-11H,5-6,9,12H2,1-3H3,(H,22,23,26)/b13-4+,21-10?. The highest BCUT2D eigenvalue weighted by atomic mass is 16.2. The van der Waals surface area contributed by atoms with Crippen molar-refractivity contribution in [1.82, 2.24) is 14.8 Å². The molecule has 0 saturated heterocycles. The average Bonchev–Trinajstić information content (AvgIpc) is 2.92. The molecule has 0 saturated carbocycles. The number of nitrogens with one attached hydrogen (secondary N) is 1. The molecule has 0 unspecified atom stereocenters. The van der Waals surface area contributed by atoms with Crippen molar-refractivity contribution >= 4 is 35.3 Å². The fourth-order valence-electron chi connectivity index (χ4n) is 3.40. The predicted molar refractivity (Wildman–Crippen MR) is 107 cm³/mol. The third kappa shape index (κ3) is 3.71. The Balaban J connectivity index is 1.68. The van der Waals surface area contributed by atoms with Crippen LogP contribution in [0.3, 0.4) is 0 Å². The summed E-state index contributed by atoms with van der Waals surface area (Å²) in [4.78, 5) is 48.0. The molecule has 8 heteroatoms. The molecule has 1 aromatic rings. The Labute approximate surface area is 163 Å². The van der Waals surface area contributed by atoms with Crippen molar-refractivity contribution in [3.8, 4) is 0 Å². The lowest BCUT2D eigenvalue weighted by atomic mass is 10.0. The molecule has 1 N–H and O–H groups in total. The first-order valence-electron chi connectivity index (χ1n) is 9.11. The molecule has 0 fully saturated rings. The number of amides is 3. The van der Waals surface area contributed by atoms with Gasteiger partial charge in [-0.1, -0.05) is 6.08 Å². The van der Waals surface area contributed by atoms with Gasteiger partial charge in [-0.05, 0) is 37.5 Å². The summed E-state index contributed by atoms with van der Waals surface area (Å²) >= 11 is 0. The molecule has 3 heterocycles. The minimum Gasteiger partial charge on any atom is -0.357 e. The summed E-state index contributed by atoms with van der Waals surface area (Å²) in [6.45, 7) is 2.48. The van der Waals surface area contributed by atoms with Gasteiger partial charge in [0.1, 0.15) is 11.5 Å². The molecule has 0 radical (unpaired) electrons. The number of likely N-dealkylation sites (N-methyl/N-ethyl adjacent to an activating group) is 1. The minimum atomic E-state index is -0.341. The minimum absolute atomic E-state index is 0.00225. The van der Waals surface area contributed by atoms with E-state index in [1.807, 2.05) is 19.1 Å².